The summed E-state index contributed by atoms with van der Waals surface area (Å²) in [5, 5.41) is 0.437. The zero-order chi connectivity index (χ0) is 10.7. The van der Waals surface area contributed by atoms with Crippen LogP contribution in [0.3, 0.4) is 0 Å². The van der Waals surface area contributed by atoms with Gasteiger partial charge < -0.3 is 10.5 Å². The van der Waals surface area contributed by atoms with Gasteiger partial charge in [0.15, 0.2) is 6.10 Å². The Morgan fingerprint density at radius 3 is 2.79 bits per heavy atom. The van der Waals surface area contributed by atoms with Crippen LogP contribution in [0, 0.1) is 0 Å². The quantitative estimate of drug-likeness (QED) is 0.923. The van der Waals surface area contributed by atoms with Gasteiger partial charge in [-0.1, -0.05) is 27.5 Å². The zero-order valence-electron chi connectivity index (χ0n) is 7.46. The maximum atomic E-state index is 10.7. The van der Waals surface area contributed by atoms with Crippen LogP contribution in [-0.4, -0.2) is 12.0 Å². The Morgan fingerprint density at radius 1 is 1.64 bits per heavy atom. The van der Waals surface area contributed by atoms with E-state index in [9.17, 15) is 4.79 Å². The number of halogens is 2. The third-order valence-electron chi connectivity index (χ3n) is 1.60. The summed E-state index contributed by atoms with van der Waals surface area (Å²) in [6.45, 7) is 1.57. The van der Waals surface area contributed by atoms with Gasteiger partial charge in [0.05, 0.1) is 5.02 Å². The number of carbonyl (C=O) groups is 1. The number of primary amides is 1. The van der Waals surface area contributed by atoms with E-state index in [2.05, 4.69) is 15.9 Å². The molecule has 0 spiro atoms. The van der Waals surface area contributed by atoms with E-state index in [1.807, 2.05) is 0 Å². The lowest BCUT2D eigenvalue weighted by Crippen LogP contribution is -2.30. The number of benzene rings is 1. The Bertz CT molecular complexity index is 357. The average molecular weight is 279 g/mol. The van der Waals surface area contributed by atoms with E-state index in [-0.39, 0.29) is 0 Å². The van der Waals surface area contributed by atoms with Crippen LogP contribution in [0.4, 0.5) is 0 Å². The van der Waals surface area contributed by atoms with Crippen LogP contribution >= 0.6 is 27.5 Å². The predicted octanol–water partition coefficient (Wildman–Crippen LogP) is 2.36. The molecular formula is C9H9BrClNO2. The molecule has 0 aliphatic heterocycles. The van der Waals surface area contributed by atoms with Gasteiger partial charge in [-0.15, -0.1) is 0 Å². The van der Waals surface area contributed by atoms with Crippen molar-refractivity contribution in [1.82, 2.24) is 0 Å². The number of hydrogen-bond acceptors (Lipinski definition) is 2. The highest BCUT2D eigenvalue weighted by Crippen LogP contribution is 2.28. The second kappa shape index (κ2) is 4.66. The minimum Gasteiger partial charge on any atom is -0.479 e. The van der Waals surface area contributed by atoms with E-state index >= 15 is 0 Å². The summed E-state index contributed by atoms with van der Waals surface area (Å²) in [5.74, 6) is -0.0786. The van der Waals surface area contributed by atoms with E-state index in [0.717, 1.165) is 4.47 Å². The zero-order valence-corrected chi connectivity index (χ0v) is 9.80. The SMILES string of the molecule is C[C@@H](Oc1ccc(Br)cc1Cl)C(N)=O. The van der Waals surface area contributed by atoms with Gasteiger partial charge in [-0.05, 0) is 25.1 Å². The molecule has 0 heterocycles. The normalized spacial score (nSPS) is 12.2. The summed E-state index contributed by atoms with van der Waals surface area (Å²) in [6.07, 6.45) is -0.686. The van der Waals surface area contributed by atoms with Gasteiger partial charge in [0.2, 0.25) is 0 Å². The number of ether oxygens (including phenoxy) is 1. The first-order valence-corrected chi connectivity index (χ1v) is 5.09. The molecule has 0 bridgehead atoms. The van der Waals surface area contributed by atoms with Gasteiger partial charge in [-0.3, -0.25) is 4.79 Å². The van der Waals surface area contributed by atoms with Crippen molar-refractivity contribution in [2.45, 2.75) is 13.0 Å². The predicted molar refractivity (Wildman–Crippen MR) is 58.4 cm³/mol. The van der Waals surface area contributed by atoms with E-state index in [0.29, 0.717) is 10.8 Å². The fourth-order valence-electron chi connectivity index (χ4n) is 0.819. The monoisotopic (exact) mass is 277 g/mol. The van der Waals surface area contributed by atoms with Crippen molar-refractivity contribution in [2.24, 2.45) is 5.73 Å². The molecule has 1 amide bonds. The maximum absolute atomic E-state index is 10.7. The smallest absolute Gasteiger partial charge is 0.258 e. The lowest BCUT2D eigenvalue weighted by atomic mass is 10.3. The molecule has 0 aliphatic rings. The molecule has 0 saturated heterocycles. The molecule has 1 aromatic carbocycles. The van der Waals surface area contributed by atoms with Gasteiger partial charge >= 0.3 is 0 Å². The number of amides is 1. The van der Waals surface area contributed by atoms with Gasteiger partial charge in [0.25, 0.3) is 5.91 Å². The van der Waals surface area contributed by atoms with Crippen molar-refractivity contribution < 1.29 is 9.53 Å². The lowest BCUT2D eigenvalue weighted by Gasteiger charge is -2.12. The van der Waals surface area contributed by atoms with Gasteiger partial charge in [-0.25, -0.2) is 0 Å². The minimum absolute atomic E-state index is 0.437. The van der Waals surface area contributed by atoms with Gasteiger partial charge in [0.1, 0.15) is 5.75 Å². The largest absolute Gasteiger partial charge is 0.479 e. The molecule has 3 nitrogen and oxygen atoms in total. The average Bonchev–Trinajstić information content (AvgIpc) is 2.09. The molecule has 0 radical (unpaired) electrons. The molecule has 0 saturated carbocycles. The molecule has 2 N–H and O–H groups in total. The minimum atomic E-state index is -0.686. The third-order valence-corrected chi connectivity index (χ3v) is 2.39. The van der Waals surface area contributed by atoms with Crippen molar-refractivity contribution in [3.63, 3.8) is 0 Å². The Kier molecular flexibility index (Phi) is 3.77. The Labute approximate surface area is 95.3 Å². The van der Waals surface area contributed by atoms with Crippen molar-refractivity contribution in [3.05, 3.63) is 27.7 Å². The van der Waals surface area contributed by atoms with Gasteiger partial charge in [0, 0.05) is 4.47 Å². The van der Waals surface area contributed by atoms with Crippen LogP contribution in [0.2, 0.25) is 5.02 Å². The number of nitrogens with two attached hydrogens (primary N) is 1. The van der Waals surface area contributed by atoms with Crippen molar-refractivity contribution in [3.8, 4) is 5.75 Å². The molecule has 0 fully saturated rings. The molecule has 76 valence electrons. The number of rotatable bonds is 3. The fraction of sp³-hybridized carbons (Fsp3) is 0.222. The first-order chi connectivity index (χ1) is 6.50. The van der Waals surface area contributed by atoms with Crippen LogP contribution in [0.15, 0.2) is 22.7 Å². The van der Waals surface area contributed by atoms with E-state index in [1.54, 1.807) is 25.1 Å². The van der Waals surface area contributed by atoms with Gasteiger partial charge in [-0.2, -0.15) is 0 Å². The lowest BCUT2D eigenvalue weighted by molar-refractivity contribution is -0.123. The van der Waals surface area contributed by atoms with Crippen LogP contribution in [0.1, 0.15) is 6.92 Å². The first-order valence-electron chi connectivity index (χ1n) is 3.91. The molecule has 1 rings (SSSR count). The summed E-state index contributed by atoms with van der Waals surface area (Å²) < 4.78 is 6.08. The second-order valence-electron chi connectivity index (χ2n) is 2.74. The Morgan fingerprint density at radius 2 is 2.29 bits per heavy atom. The maximum Gasteiger partial charge on any atom is 0.258 e. The summed E-state index contributed by atoms with van der Waals surface area (Å²) in [4.78, 5) is 10.7. The standard InChI is InChI=1S/C9H9BrClNO2/c1-5(9(12)13)14-8-3-2-6(10)4-7(8)11/h2-5H,1H3,(H2,12,13)/t5-/m1/s1. The molecule has 14 heavy (non-hydrogen) atoms. The van der Waals surface area contributed by atoms with Crippen molar-refractivity contribution in [2.75, 3.05) is 0 Å². The molecule has 0 aromatic heterocycles. The molecule has 1 aromatic rings. The third kappa shape index (κ3) is 2.89. The number of carbonyl (C=O) groups excluding carboxylic acids is 1. The van der Waals surface area contributed by atoms with Crippen LogP contribution in [0.5, 0.6) is 5.75 Å². The molecular weight excluding hydrogens is 269 g/mol. The molecule has 5 heteroatoms. The Hall–Kier alpha value is -0.740. The highest BCUT2D eigenvalue weighted by atomic mass is 79.9. The summed E-state index contributed by atoms with van der Waals surface area (Å²) in [7, 11) is 0. The summed E-state index contributed by atoms with van der Waals surface area (Å²) >= 11 is 9.13. The number of hydrogen-bond donors (Lipinski definition) is 1. The topological polar surface area (TPSA) is 52.3 Å². The van der Waals surface area contributed by atoms with Crippen molar-refractivity contribution in [1.29, 1.82) is 0 Å². The van der Waals surface area contributed by atoms with Crippen LogP contribution < -0.4 is 10.5 Å². The first kappa shape index (κ1) is 11.3. The van der Waals surface area contributed by atoms with E-state index in [1.165, 1.54) is 0 Å². The second-order valence-corrected chi connectivity index (χ2v) is 4.06. The highest BCUT2D eigenvalue weighted by Gasteiger charge is 2.12. The summed E-state index contributed by atoms with van der Waals surface area (Å²) in [5.41, 5.74) is 5.05. The van der Waals surface area contributed by atoms with Crippen molar-refractivity contribution >= 4 is 33.4 Å². The van der Waals surface area contributed by atoms with Crippen LogP contribution in [-0.2, 0) is 4.79 Å². The molecule has 0 aliphatic carbocycles. The van der Waals surface area contributed by atoms with Crippen LogP contribution in [0.25, 0.3) is 0 Å². The summed E-state index contributed by atoms with van der Waals surface area (Å²) in [6, 6.07) is 5.13. The molecule has 1 atom stereocenters. The van der Waals surface area contributed by atoms with E-state index < -0.39 is 12.0 Å². The highest BCUT2D eigenvalue weighted by molar-refractivity contribution is 9.10. The van der Waals surface area contributed by atoms with E-state index in [4.69, 9.17) is 22.1 Å². The molecule has 0 unspecified atom stereocenters. The Balaban J connectivity index is 2.82. The fourth-order valence-corrected chi connectivity index (χ4v) is 1.54.